The predicted molar refractivity (Wildman–Crippen MR) is 99.1 cm³/mol. The van der Waals surface area contributed by atoms with Crippen LogP contribution in [0.25, 0.3) is 0 Å². The van der Waals surface area contributed by atoms with Gasteiger partial charge in [0, 0.05) is 30.5 Å². The Hall–Kier alpha value is -2.36. The number of ether oxygens (including phenoxy) is 1. The summed E-state index contributed by atoms with van der Waals surface area (Å²) in [5, 5.41) is 13.1. The minimum atomic E-state index is 0.370. The van der Waals surface area contributed by atoms with E-state index in [2.05, 4.69) is 16.4 Å². The smallest absolute Gasteiger partial charge is 0.173 e. The van der Waals surface area contributed by atoms with Gasteiger partial charge in [0.2, 0.25) is 0 Å². The van der Waals surface area contributed by atoms with Gasteiger partial charge in [-0.15, -0.1) is 0 Å². The Balaban J connectivity index is 2.15. The molecule has 1 N–H and O–H groups in total. The summed E-state index contributed by atoms with van der Waals surface area (Å²) in [6.45, 7) is 1.07. The molecule has 0 bridgehead atoms. The van der Waals surface area contributed by atoms with Crippen LogP contribution in [0.3, 0.4) is 0 Å². The van der Waals surface area contributed by atoms with E-state index in [1.165, 1.54) is 0 Å². The van der Waals surface area contributed by atoms with Gasteiger partial charge in [0.15, 0.2) is 5.11 Å². The van der Waals surface area contributed by atoms with Gasteiger partial charge in [0.05, 0.1) is 25.3 Å². The summed E-state index contributed by atoms with van der Waals surface area (Å²) in [6.07, 6.45) is 3.87. The summed E-state index contributed by atoms with van der Waals surface area (Å²) < 4.78 is 5.32. The van der Waals surface area contributed by atoms with Crippen LogP contribution in [-0.2, 0) is 6.54 Å². The van der Waals surface area contributed by atoms with E-state index in [9.17, 15) is 0 Å². The monoisotopic (exact) mass is 360 g/mol. The van der Waals surface area contributed by atoms with Crippen LogP contribution in [0.1, 0.15) is 12.0 Å². The van der Waals surface area contributed by atoms with Crippen molar-refractivity contribution in [3.63, 3.8) is 0 Å². The third-order valence-corrected chi connectivity index (χ3v) is 3.88. The molecule has 0 aliphatic rings. The summed E-state index contributed by atoms with van der Waals surface area (Å²) in [6, 6.07) is 11.2. The SMILES string of the molecule is COc1ccc(Cl)cc1NC(=S)N(CCC#N)Cc1cccnc1. The first kappa shape index (κ1) is 18.0. The summed E-state index contributed by atoms with van der Waals surface area (Å²) in [4.78, 5) is 6.02. The molecule has 0 aliphatic heterocycles. The largest absolute Gasteiger partial charge is 0.495 e. The quantitative estimate of drug-likeness (QED) is 0.789. The van der Waals surface area contributed by atoms with Gasteiger partial charge in [-0.05, 0) is 42.0 Å². The average Bonchev–Trinajstić information content (AvgIpc) is 2.59. The molecule has 0 amide bonds. The number of aromatic nitrogens is 1. The maximum atomic E-state index is 8.88. The van der Waals surface area contributed by atoms with E-state index in [1.807, 2.05) is 17.0 Å². The second-order valence-corrected chi connectivity index (χ2v) is 5.79. The van der Waals surface area contributed by atoms with Crippen molar-refractivity contribution in [2.45, 2.75) is 13.0 Å². The number of pyridine rings is 1. The van der Waals surface area contributed by atoms with Crippen molar-refractivity contribution in [2.24, 2.45) is 0 Å². The molecule has 7 heteroatoms. The molecule has 24 heavy (non-hydrogen) atoms. The highest BCUT2D eigenvalue weighted by Crippen LogP contribution is 2.28. The van der Waals surface area contributed by atoms with E-state index in [-0.39, 0.29) is 0 Å². The molecular formula is C17H17ClN4OS. The third-order valence-electron chi connectivity index (χ3n) is 3.28. The van der Waals surface area contributed by atoms with Crippen LogP contribution in [0.5, 0.6) is 5.75 Å². The molecule has 0 unspecified atom stereocenters. The summed E-state index contributed by atoms with van der Waals surface area (Å²) >= 11 is 11.6. The molecule has 1 aromatic carbocycles. The summed E-state index contributed by atoms with van der Waals surface area (Å²) in [5.74, 6) is 0.642. The number of anilines is 1. The molecule has 124 valence electrons. The molecule has 0 aliphatic carbocycles. The molecule has 0 saturated heterocycles. The van der Waals surface area contributed by atoms with Gasteiger partial charge in [-0.3, -0.25) is 4.98 Å². The Morgan fingerprint density at radius 2 is 2.29 bits per heavy atom. The second-order valence-electron chi connectivity index (χ2n) is 4.97. The van der Waals surface area contributed by atoms with Gasteiger partial charge >= 0.3 is 0 Å². The van der Waals surface area contributed by atoms with Gasteiger partial charge in [0.25, 0.3) is 0 Å². The first-order valence-corrected chi connectivity index (χ1v) is 8.08. The number of benzene rings is 1. The summed E-state index contributed by atoms with van der Waals surface area (Å²) in [5.41, 5.74) is 1.70. The van der Waals surface area contributed by atoms with Crippen LogP contribution in [0.2, 0.25) is 5.02 Å². The lowest BCUT2D eigenvalue weighted by atomic mass is 10.2. The van der Waals surface area contributed by atoms with Crippen molar-refractivity contribution in [2.75, 3.05) is 19.0 Å². The highest BCUT2D eigenvalue weighted by molar-refractivity contribution is 7.80. The number of nitrogens with zero attached hydrogens (tertiary/aromatic N) is 3. The average molecular weight is 361 g/mol. The number of methoxy groups -OCH3 is 1. The first-order chi connectivity index (χ1) is 11.6. The Kier molecular flexibility index (Phi) is 6.79. The molecule has 0 atom stereocenters. The van der Waals surface area contributed by atoms with Crippen molar-refractivity contribution in [1.82, 2.24) is 9.88 Å². The Bertz CT molecular complexity index is 733. The molecule has 0 fully saturated rings. The lowest BCUT2D eigenvalue weighted by Crippen LogP contribution is -2.35. The minimum absolute atomic E-state index is 0.370. The van der Waals surface area contributed by atoms with Crippen LogP contribution in [0, 0.1) is 11.3 Å². The number of rotatable bonds is 6. The van der Waals surface area contributed by atoms with Crippen molar-refractivity contribution in [3.05, 3.63) is 53.3 Å². The Morgan fingerprint density at radius 3 is 2.96 bits per heavy atom. The van der Waals surface area contributed by atoms with E-state index in [0.29, 0.717) is 41.1 Å². The highest BCUT2D eigenvalue weighted by atomic mass is 35.5. The van der Waals surface area contributed by atoms with Crippen LogP contribution in [0.15, 0.2) is 42.7 Å². The number of nitriles is 1. The lowest BCUT2D eigenvalue weighted by molar-refractivity contribution is 0.414. The van der Waals surface area contributed by atoms with E-state index < -0.39 is 0 Å². The molecule has 2 rings (SSSR count). The van der Waals surface area contributed by atoms with E-state index in [0.717, 1.165) is 5.56 Å². The maximum absolute atomic E-state index is 8.88. The van der Waals surface area contributed by atoms with Crippen LogP contribution < -0.4 is 10.1 Å². The zero-order valence-electron chi connectivity index (χ0n) is 13.2. The normalized spacial score (nSPS) is 9.88. The van der Waals surface area contributed by atoms with Crippen molar-refractivity contribution in [1.29, 1.82) is 5.26 Å². The fraction of sp³-hybridized carbons (Fsp3) is 0.235. The number of thiocarbonyl (C=S) groups is 1. The lowest BCUT2D eigenvalue weighted by Gasteiger charge is -2.25. The Labute approximate surface area is 151 Å². The molecule has 0 spiro atoms. The standard InChI is InChI=1S/C17H17ClN4OS/c1-23-16-6-5-14(18)10-15(16)21-17(24)22(9-3-7-19)12-13-4-2-8-20-11-13/h2,4-6,8,10-11H,3,9,12H2,1H3,(H,21,24). The minimum Gasteiger partial charge on any atom is -0.495 e. The molecule has 2 aromatic rings. The van der Waals surface area contributed by atoms with E-state index >= 15 is 0 Å². The molecule has 0 saturated carbocycles. The molecule has 1 aromatic heterocycles. The number of nitrogens with one attached hydrogen (secondary N) is 1. The van der Waals surface area contributed by atoms with Crippen molar-refractivity contribution < 1.29 is 4.74 Å². The van der Waals surface area contributed by atoms with Gasteiger partial charge < -0.3 is 15.0 Å². The van der Waals surface area contributed by atoms with Gasteiger partial charge in [-0.2, -0.15) is 5.26 Å². The molecule has 5 nitrogen and oxygen atoms in total. The van der Waals surface area contributed by atoms with Crippen molar-refractivity contribution in [3.8, 4) is 11.8 Å². The maximum Gasteiger partial charge on any atom is 0.173 e. The fourth-order valence-electron chi connectivity index (χ4n) is 2.12. The molecular weight excluding hydrogens is 344 g/mol. The van der Waals surface area contributed by atoms with Crippen LogP contribution >= 0.6 is 23.8 Å². The van der Waals surface area contributed by atoms with Gasteiger partial charge in [-0.25, -0.2) is 0 Å². The molecule has 0 radical (unpaired) electrons. The zero-order chi connectivity index (χ0) is 17.4. The predicted octanol–water partition coefficient (Wildman–Crippen LogP) is 3.86. The summed E-state index contributed by atoms with van der Waals surface area (Å²) in [7, 11) is 1.58. The number of hydrogen-bond acceptors (Lipinski definition) is 4. The molecule has 1 heterocycles. The van der Waals surface area contributed by atoms with E-state index in [4.69, 9.17) is 33.8 Å². The number of halogens is 1. The second kappa shape index (κ2) is 9.06. The third kappa shape index (κ3) is 5.08. The highest BCUT2D eigenvalue weighted by Gasteiger charge is 2.13. The van der Waals surface area contributed by atoms with Gasteiger partial charge in [-0.1, -0.05) is 17.7 Å². The topological polar surface area (TPSA) is 61.2 Å². The van der Waals surface area contributed by atoms with E-state index in [1.54, 1.807) is 37.7 Å². The number of hydrogen-bond donors (Lipinski definition) is 1. The zero-order valence-corrected chi connectivity index (χ0v) is 14.8. The van der Waals surface area contributed by atoms with Crippen molar-refractivity contribution >= 4 is 34.6 Å². The van der Waals surface area contributed by atoms with Crippen LogP contribution in [-0.4, -0.2) is 28.7 Å². The first-order valence-electron chi connectivity index (χ1n) is 7.29. The Morgan fingerprint density at radius 1 is 1.46 bits per heavy atom. The van der Waals surface area contributed by atoms with Gasteiger partial charge in [0.1, 0.15) is 5.75 Å². The van der Waals surface area contributed by atoms with Crippen LogP contribution in [0.4, 0.5) is 5.69 Å². The fourth-order valence-corrected chi connectivity index (χ4v) is 2.56.